The molecule has 0 saturated heterocycles. The van der Waals surface area contributed by atoms with E-state index in [-0.39, 0.29) is 23.6 Å². The molecule has 1 aromatic carbocycles. The number of carbonyl (C=O) groups excluding carboxylic acids is 1. The van der Waals surface area contributed by atoms with Crippen LogP contribution < -0.4 is 5.32 Å². The zero-order chi connectivity index (χ0) is 13.9. The highest BCUT2D eigenvalue weighted by Crippen LogP contribution is 2.48. The highest BCUT2D eigenvalue weighted by atomic mass is 19.1. The van der Waals surface area contributed by atoms with E-state index in [2.05, 4.69) is 10.3 Å². The van der Waals surface area contributed by atoms with Crippen molar-refractivity contribution >= 4 is 5.91 Å². The van der Waals surface area contributed by atoms with Gasteiger partial charge in [-0.1, -0.05) is 18.2 Å². The van der Waals surface area contributed by atoms with E-state index in [1.807, 2.05) is 18.2 Å². The van der Waals surface area contributed by atoms with Gasteiger partial charge in [-0.05, 0) is 41.7 Å². The van der Waals surface area contributed by atoms with Gasteiger partial charge in [0, 0.05) is 24.9 Å². The number of rotatable bonds is 4. The summed E-state index contributed by atoms with van der Waals surface area (Å²) in [5.74, 6) is -0.306. The molecular weight excluding hydrogens is 255 g/mol. The van der Waals surface area contributed by atoms with Crippen LogP contribution in [0, 0.1) is 11.7 Å². The third-order valence-corrected chi connectivity index (χ3v) is 3.65. The van der Waals surface area contributed by atoms with Crippen molar-refractivity contribution in [2.45, 2.75) is 18.9 Å². The molecule has 1 heterocycles. The molecule has 1 aliphatic carbocycles. The number of pyridine rings is 1. The highest BCUT2D eigenvalue weighted by Gasteiger charge is 2.44. The quantitative estimate of drug-likeness (QED) is 0.928. The Morgan fingerprint density at radius 3 is 2.75 bits per heavy atom. The molecule has 2 unspecified atom stereocenters. The van der Waals surface area contributed by atoms with E-state index in [1.165, 1.54) is 6.07 Å². The molecule has 1 aromatic heterocycles. The fourth-order valence-corrected chi connectivity index (χ4v) is 2.43. The van der Waals surface area contributed by atoms with Crippen LogP contribution in [-0.2, 0) is 11.3 Å². The average Bonchev–Trinajstić information content (AvgIpc) is 3.27. The summed E-state index contributed by atoms with van der Waals surface area (Å²) >= 11 is 0. The van der Waals surface area contributed by atoms with E-state index >= 15 is 0 Å². The standard InChI is InChI=1S/C16H15FN2O/c17-15-4-2-1-3-12(15)13-9-14(13)16(20)19-10-11-5-7-18-8-6-11/h1-8,13-14H,9-10H2,(H,19,20). The van der Waals surface area contributed by atoms with Crippen molar-refractivity contribution in [2.75, 3.05) is 0 Å². The maximum Gasteiger partial charge on any atom is 0.224 e. The first-order chi connectivity index (χ1) is 9.75. The van der Waals surface area contributed by atoms with Crippen LogP contribution in [-0.4, -0.2) is 10.9 Å². The van der Waals surface area contributed by atoms with Gasteiger partial charge in [-0.3, -0.25) is 9.78 Å². The lowest BCUT2D eigenvalue weighted by Crippen LogP contribution is -2.24. The Bertz CT molecular complexity index is 615. The van der Waals surface area contributed by atoms with Crippen LogP contribution >= 0.6 is 0 Å². The number of aromatic nitrogens is 1. The second-order valence-corrected chi connectivity index (χ2v) is 5.04. The van der Waals surface area contributed by atoms with E-state index in [9.17, 15) is 9.18 Å². The molecule has 0 radical (unpaired) electrons. The molecule has 2 aromatic rings. The second kappa shape index (κ2) is 5.41. The summed E-state index contributed by atoms with van der Waals surface area (Å²) < 4.78 is 13.6. The summed E-state index contributed by atoms with van der Waals surface area (Å²) in [5, 5.41) is 2.89. The fourth-order valence-electron chi connectivity index (χ4n) is 2.43. The van der Waals surface area contributed by atoms with Crippen LogP contribution in [0.1, 0.15) is 23.5 Å². The smallest absolute Gasteiger partial charge is 0.224 e. The molecule has 1 amide bonds. The minimum absolute atomic E-state index is 0.00457. The Balaban J connectivity index is 1.57. The molecule has 0 bridgehead atoms. The van der Waals surface area contributed by atoms with Gasteiger partial charge in [-0.25, -0.2) is 4.39 Å². The lowest BCUT2D eigenvalue weighted by Gasteiger charge is -2.05. The zero-order valence-electron chi connectivity index (χ0n) is 10.9. The number of hydrogen-bond donors (Lipinski definition) is 1. The monoisotopic (exact) mass is 270 g/mol. The molecule has 20 heavy (non-hydrogen) atoms. The SMILES string of the molecule is O=C(NCc1ccncc1)C1CC1c1ccccc1F. The molecule has 3 nitrogen and oxygen atoms in total. The van der Waals surface area contributed by atoms with Gasteiger partial charge in [0.25, 0.3) is 0 Å². The van der Waals surface area contributed by atoms with Crippen LogP contribution in [0.15, 0.2) is 48.8 Å². The Morgan fingerprint density at radius 1 is 1.25 bits per heavy atom. The van der Waals surface area contributed by atoms with Gasteiger partial charge in [0.2, 0.25) is 5.91 Å². The Kier molecular flexibility index (Phi) is 3.46. The van der Waals surface area contributed by atoms with Gasteiger partial charge in [0.1, 0.15) is 5.82 Å². The molecule has 0 spiro atoms. The Labute approximate surface area is 116 Å². The van der Waals surface area contributed by atoms with Crippen molar-refractivity contribution in [2.24, 2.45) is 5.92 Å². The van der Waals surface area contributed by atoms with E-state index in [0.29, 0.717) is 12.1 Å². The van der Waals surface area contributed by atoms with Gasteiger partial charge in [0.15, 0.2) is 0 Å². The van der Waals surface area contributed by atoms with Crippen LogP contribution in [0.25, 0.3) is 0 Å². The number of nitrogens with one attached hydrogen (secondary N) is 1. The third-order valence-electron chi connectivity index (χ3n) is 3.65. The lowest BCUT2D eigenvalue weighted by atomic mass is 10.1. The predicted octanol–water partition coefficient (Wildman–Crippen LogP) is 2.64. The minimum Gasteiger partial charge on any atom is -0.352 e. The molecule has 1 saturated carbocycles. The fraction of sp³-hybridized carbons (Fsp3) is 0.250. The van der Waals surface area contributed by atoms with Crippen LogP contribution in [0.3, 0.4) is 0 Å². The first-order valence-corrected chi connectivity index (χ1v) is 6.67. The first kappa shape index (κ1) is 12.8. The average molecular weight is 270 g/mol. The summed E-state index contributed by atoms with van der Waals surface area (Å²) in [7, 11) is 0. The molecule has 102 valence electrons. The number of hydrogen-bond acceptors (Lipinski definition) is 2. The molecule has 4 heteroatoms. The maximum atomic E-state index is 13.6. The van der Waals surface area contributed by atoms with Crippen molar-refractivity contribution in [1.29, 1.82) is 0 Å². The minimum atomic E-state index is -0.220. The molecule has 2 atom stereocenters. The van der Waals surface area contributed by atoms with E-state index in [0.717, 1.165) is 12.0 Å². The number of carbonyl (C=O) groups is 1. The second-order valence-electron chi connectivity index (χ2n) is 5.04. The van der Waals surface area contributed by atoms with Crippen LogP contribution in [0.5, 0.6) is 0 Å². The predicted molar refractivity (Wildman–Crippen MR) is 73.3 cm³/mol. The van der Waals surface area contributed by atoms with E-state index in [4.69, 9.17) is 0 Å². The number of amides is 1. The van der Waals surface area contributed by atoms with Crippen molar-refractivity contribution < 1.29 is 9.18 Å². The third kappa shape index (κ3) is 2.69. The van der Waals surface area contributed by atoms with Gasteiger partial charge in [-0.2, -0.15) is 0 Å². The first-order valence-electron chi connectivity index (χ1n) is 6.67. The number of halogens is 1. The summed E-state index contributed by atoms with van der Waals surface area (Å²) in [6, 6.07) is 10.4. The molecule has 1 N–H and O–H groups in total. The molecule has 1 fully saturated rings. The lowest BCUT2D eigenvalue weighted by molar-refractivity contribution is -0.122. The highest BCUT2D eigenvalue weighted by molar-refractivity contribution is 5.82. The van der Waals surface area contributed by atoms with Crippen molar-refractivity contribution in [1.82, 2.24) is 10.3 Å². The van der Waals surface area contributed by atoms with Crippen molar-refractivity contribution in [3.63, 3.8) is 0 Å². The van der Waals surface area contributed by atoms with Crippen LogP contribution in [0.2, 0.25) is 0 Å². The van der Waals surface area contributed by atoms with Crippen LogP contribution in [0.4, 0.5) is 4.39 Å². The summed E-state index contributed by atoms with van der Waals surface area (Å²) in [6.07, 6.45) is 4.12. The summed E-state index contributed by atoms with van der Waals surface area (Å²) in [4.78, 5) is 16.0. The molecule has 1 aliphatic rings. The zero-order valence-corrected chi connectivity index (χ0v) is 10.9. The van der Waals surface area contributed by atoms with Gasteiger partial charge in [0.05, 0.1) is 0 Å². The van der Waals surface area contributed by atoms with E-state index < -0.39 is 0 Å². The number of benzene rings is 1. The Hall–Kier alpha value is -2.23. The largest absolute Gasteiger partial charge is 0.352 e. The topological polar surface area (TPSA) is 42.0 Å². The van der Waals surface area contributed by atoms with E-state index in [1.54, 1.807) is 24.5 Å². The molecular formula is C16H15FN2O. The van der Waals surface area contributed by atoms with Gasteiger partial charge >= 0.3 is 0 Å². The molecule has 3 rings (SSSR count). The maximum absolute atomic E-state index is 13.6. The number of nitrogens with zero attached hydrogens (tertiary/aromatic N) is 1. The summed E-state index contributed by atoms with van der Waals surface area (Å²) in [6.45, 7) is 0.488. The van der Waals surface area contributed by atoms with Gasteiger partial charge in [-0.15, -0.1) is 0 Å². The van der Waals surface area contributed by atoms with Gasteiger partial charge < -0.3 is 5.32 Å². The van der Waals surface area contributed by atoms with Crippen molar-refractivity contribution in [3.05, 3.63) is 65.7 Å². The van der Waals surface area contributed by atoms with Crippen molar-refractivity contribution in [3.8, 4) is 0 Å². The summed E-state index contributed by atoms with van der Waals surface area (Å²) in [5.41, 5.74) is 1.66. The molecule has 0 aliphatic heterocycles. The Morgan fingerprint density at radius 2 is 2.00 bits per heavy atom. The normalized spacial score (nSPS) is 20.4.